The number of fused-ring (bicyclic) bond motifs is 18. The molecule has 96 heavy (non-hydrogen) atoms. The molecule has 0 N–H and O–H groups in total. The Kier molecular flexibility index (Phi) is 8.45. The van der Waals surface area contributed by atoms with Gasteiger partial charge >= 0.3 is 0 Å². The molecular weight excluding hydrogens is 1160 g/mol. The molecule has 2 aliphatic rings. The molecule has 0 spiro atoms. The monoisotopic (exact) mass is 1230 g/mol. The van der Waals surface area contributed by atoms with Gasteiger partial charge in [-0.25, -0.2) is 0 Å². The minimum Gasteiger partial charge on any atom is -0.309 e. The summed E-state index contributed by atoms with van der Waals surface area (Å²) in [6.45, 7) is -0.810. The molecule has 0 saturated carbocycles. The molecule has 19 aromatic rings. The van der Waals surface area contributed by atoms with Gasteiger partial charge in [-0.3, -0.25) is 0 Å². The minimum atomic E-state index is -0.810. The van der Waals surface area contributed by atoms with Crippen LogP contribution in [0.15, 0.2) is 339 Å². The quantitative estimate of drug-likeness (QED) is 0.141. The van der Waals surface area contributed by atoms with Crippen molar-refractivity contribution in [3.05, 3.63) is 339 Å². The van der Waals surface area contributed by atoms with E-state index >= 15 is 0 Å². The Hall–Kier alpha value is -12.6. The molecule has 0 unspecified atom stereocenters. The second-order valence-corrected chi connectivity index (χ2v) is 24.6. The Balaban J connectivity index is 1.02. The van der Waals surface area contributed by atoms with Crippen molar-refractivity contribution in [1.82, 2.24) is 13.5 Å². The van der Waals surface area contributed by atoms with Crippen LogP contribution in [-0.4, -0.2) is 20.2 Å². The van der Waals surface area contributed by atoms with Crippen molar-refractivity contribution >= 4 is 139 Å². The number of anilines is 6. The third-order valence-corrected chi connectivity index (χ3v) is 19.8. The molecule has 0 atom stereocenters. The normalized spacial score (nSPS) is 15.1. The van der Waals surface area contributed by atoms with Crippen LogP contribution in [0.5, 0.6) is 0 Å². The standard InChI is InChI=1S/C90H56BN5/c1-5-27-57(28-6-1)63-41-25-42-64(58-29-7-2-8-30-58)86(63)95-81-55-61(92-75-45-19-13-35-67(75)68-36-14-20-46-76(68)92)51-53-73(81)91-74-54-52-62(93-77-47-21-15-37-69(77)70-38-16-22-48-78(70)93)56-82(74)96(87-65(59-31-9-3-10-32-59)43-26-44-66(87)60-33-11-4-12-34-60)90-84-72-40-18-24-50-80(72)94-79-49-23-17-39-71(79)83(88(84)94)89(95)85(90)91/h1-56H/i13D,14D,15D,16D,19D,20D,21D,22D,35D,36D,37D,38D,45D,46D,47D,48D. The van der Waals surface area contributed by atoms with Gasteiger partial charge in [0, 0.05) is 88.1 Å². The molecule has 0 radical (unpaired) electrons. The van der Waals surface area contributed by atoms with Crippen LogP contribution in [0.1, 0.15) is 21.9 Å². The van der Waals surface area contributed by atoms with E-state index in [1.54, 1.807) is 9.13 Å². The first-order valence-electron chi connectivity index (χ1n) is 40.0. The van der Waals surface area contributed by atoms with Crippen LogP contribution in [0.25, 0.3) is 138 Å². The Morgan fingerprint density at radius 3 is 0.948 bits per heavy atom. The van der Waals surface area contributed by atoms with Gasteiger partial charge < -0.3 is 23.3 Å². The van der Waals surface area contributed by atoms with E-state index in [-0.39, 0.29) is 43.6 Å². The first-order chi connectivity index (χ1) is 54.4. The zero-order valence-corrected chi connectivity index (χ0v) is 50.9. The molecule has 5 nitrogen and oxygen atoms in total. The van der Waals surface area contributed by atoms with Gasteiger partial charge in [0.15, 0.2) is 0 Å². The molecule has 0 bridgehead atoms. The number of rotatable bonds is 8. The van der Waals surface area contributed by atoms with Crippen molar-refractivity contribution in [3.63, 3.8) is 0 Å². The van der Waals surface area contributed by atoms with Crippen LogP contribution in [0.4, 0.5) is 34.1 Å². The van der Waals surface area contributed by atoms with E-state index in [9.17, 15) is 16.4 Å². The van der Waals surface area contributed by atoms with Crippen molar-refractivity contribution in [2.24, 2.45) is 0 Å². The molecule has 21 rings (SSSR count). The molecular formula is C90H56BN5. The number of benzene rings is 15. The molecule has 444 valence electrons. The first-order valence-corrected chi connectivity index (χ1v) is 32.0. The Morgan fingerprint density at radius 2 is 0.594 bits per heavy atom. The highest BCUT2D eigenvalue weighted by Gasteiger charge is 2.48. The summed E-state index contributed by atoms with van der Waals surface area (Å²) in [4.78, 5) is 4.74. The van der Waals surface area contributed by atoms with Crippen molar-refractivity contribution < 1.29 is 21.9 Å². The van der Waals surface area contributed by atoms with Gasteiger partial charge in [-0.05, 0) is 99.2 Å². The van der Waals surface area contributed by atoms with Crippen LogP contribution < -0.4 is 26.2 Å². The lowest BCUT2D eigenvalue weighted by molar-refractivity contribution is 1.17. The van der Waals surface area contributed by atoms with Gasteiger partial charge in [-0.15, -0.1) is 0 Å². The second-order valence-electron chi connectivity index (χ2n) is 24.6. The van der Waals surface area contributed by atoms with Gasteiger partial charge in [0.1, 0.15) is 0 Å². The lowest BCUT2D eigenvalue weighted by Gasteiger charge is -2.46. The van der Waals surface area contributed by atoms with E-state index in [0.717, 1.165) is 122 Å². The van der Waals surface area contributed by atoms with Gasteiger partial charge in [0.25, 0.3) is 6.71 Å². The van der Waals surface area contributed by atoms with Crippen molar-refractivity contribution in [3.8, 4) is 55.9 Å². The number of hydrogen-bond acceptors (Lipinski definition) is 2. The van der Waals surface area contributed by atoms with Gasteiger partial charge in [0.05, 0.1) is 83.3 Å². The molecule has 0 aliphatic carbocycles. The SMILES string of the molecule is [2H]c1c([2H])c([2H])c2c(c1[2H])c1c([2H])c([2H])c([2H])c([2H])c1n2-c1ccc2c(c1)N(c1c(-c3ccccc3)cccc1-c1ccccc1)c1c3c(c4c5ccccc5n5c6ccccc6c1c45)N(c1c(-c4ccccc4)cccc1-c1ccccc1)c1cc(-n4c5c([2H])c([2H])c([2H])c([2H])c5c5c([2H])c([2H])c([2H])c([2H])c54)ccc1B23. The molecule has 0 saturated heterocycles. The Bertz CT molecular complexity index is 6710. The summed E-state index contributed by atoms with van der Waals surface area (Å²) in [5.41, 5.74) is 16.6. The molecule has 4 aromatic heterocycles. The summed E-state index contributed by atoms with van der Waals surface area (Å²) in [6, 6.07) is 73.9. The maximum Gasteiger partial charge on any atom is 0.252 e. The molecule has 15 aromatic carbocycles. The summed E-state index contributed by atoms with van der Waals surface area (Å²) < 4.78 is 157. The lowest BCUT2D eigenvalue weighted by atomic mass is 9.33. The highest BCUT2D eigenvalue weighted by atomic mass is 15.2. The first kappa shape index (κ1) is 39.7. The van der Waals surface area contributed by atoms with Crippen molar-refractivity contribution in [1.29, 1.82) is 0 Å². The summed E-state index contributed by atoms with van der Waals surface area (Å²) >= 11 is 0. The van der Waals surface area contributed by atoms with Crippen LogP contribution in [0.2, 0.25) is 0 Å². The lowest BCUT2D eigenvalue weighted by Crippen LogP contribution is -2.61. The fraction of sp³-hybridized carbons (Fsp3) is 0. The van der Waals surface area contributed by atoms with E-state index in [4.69, 9.17) is 5.48 Å². The van der Waals surface area contributed by atoms with Crippen LogP contribution in [-0.2, 0) is 0 Å². The maximum atomic E-state index is 9.88. The molecule has 6 heteroatoms. The minimum absolute atomic E-state index is 0.0521. The topological polar surface area (TPSA) is 20.8 Å². The fourth-order valence-corrected chi connectivity index (χ4v) is 16.1. The third kappa shape index (κ3) is 7.35. The van der Waals surface area contributed by atoms with Crippen molar-refractivity contribution in [2.45, 2.75) is 0 Å². The maximum absolute atomic E-state index is 9.88. The largest absolute Gasteiger partial charge is 0.309 e. The fourth-order valence-electron chi connectivity index (χ4n) is 16.1. The van der Waals surface area contributed by atoms with Crippen LogP contribution in [0, 0.1) is 0 Å². The van der Waals surface area contributed by atoms with E-state index in [1.165, 1.54) is 0 Å². The second kappa shape index (κ2) is 20.4. The van der Waals surface area contributed by atoms with E-state index in [1.807, 2.05) is 121 Å². The van der Waals surface area contributed by atoms with E-state index in [0.29, 0.717) is 22.7 Å². The summed E-state index contributed by atoms with van der Waals surface area (Å²) in [7, 11) is 0. The third-order valence-electron chi connectivity index (χ3n) is 19.8. The average molecular weight is 1230 g/mol. The predicted molar refractivity (Wildman–Crippen MR) is 406 cm³/mol. The predicted octanol–water partition coefficient (Wildman–Crippen LogP) is 21.8. The number of hydrogen-bond donors (Lipinski definition) is 0. The molecule has 0 fully saturated rings. The molecule has 6 heterocycles. The molecule has 0 amide bonds. The Labute approximate surface area is 577 Å². The number of nitrogens with zero attached hydrogens (tertiary/aromatic N) is 5. The highest BCUT2D eigenvalue weighted by molar-refractivity contribution is 7.01. The van der Waals surface area contributed by atoms with E-state index in [2.05, 4.69) is 136 Å². The molecule has 2 aliphatic heterocycles. The average Bonchev–Trinajstić information content (AvgIpc) is 1.42. The summed E-state index contributed by atoms with van der Waals surface area (Å²) in [5, 5.41) is 3.32. The highest BCUT2D eigenvalue weighted by Crippen LogP contribution is 2.59. The number of aromatic nitrogens is 3. The van der Waals surface area contributed by atoms with Crippen LogP contribution in [0.3, 0.4) is 0 Å². The summed E-state index contributed by atoms with van der Waals surface area (Å²) in [5.74, 6) is 0. The van der Waals surface area contributed by atoms with Crippen LogP contribution >= 0.6 is 0 Å². The smallest absolute Gasteiger partial charge is 0.252 e. The Morgan fingerprint density at radius 1 is 0.271 bits per heavy atom. The van der Waals surface area contributed by atoms with E-state index < -0.39 is 103 Å². The van der Waals surface area contributed by atoms with Gasteiger partial charge in [-0.1, -0.05) is 279 Å². The van der Waals surface area contributed by atoms with Gasteiger partial charge in [-0.2, -0.15) is 0 Å². The zero-order valence-electron chi connectivity index (χ0n) is 66.9. The number of para-hydroxylation sites is 8. The van der Waals surface area contributed by atoms with Gasteiger partial charge in [0.2, 0.25) is 0 Å². The zero-order chi connectivity index (χ0) is 76.6. The van der Waals surface area contributed by atoms with Crippen molar-refractivity contribution in [2.75, 3.05) is 9.80 Å². The summed E-state index contributed by atoms with van der Waals surface area (Å²) in [6.07, 6.45) is 0.